The van der Waals surface area contributed by atoms with Gasteiger partial charge in [-0.3, -0.25) is 4.79 Å². The van der Waals surface area contributed by atoms with Gasteiger partial charge >= 0.3 is 0 Å². The number of rotatable bonds is 5. The zero-order chi connectivity index (χ0) is 13.8. The molecular formula is C15H21ClN2OS. The van der Waals surface area contributed by atoms with Gasteiger partial charge in [-0.1, -0.05) is 25.1 Å². The molecule has 0 fully saturated rings. The SMILES string of the molecule is CNCC(C)C(=O)N(C)Cc1csc2ccccc12.Cl. The molecule has 0 saturated heterocycles. The summed E-state index contributed by atoms with van der Waals surface area (Å²) in [7, 11) is 3.75. The molecule has 0 aliphatic carbocycles. The van der Waals surface area contributed by atoms with E-state index >= 15 is 0 Å². The normalized spacial score (nSPS) is 11.9. The quantitative estimate of drug-likeness (QED) is 0.920. The van der Waals surface area contributed by atoms with Crippen molar-refractivity contribution in [1.29, 1.82) is 0 Å². The Balaban J connectivity index is 0.00000200. The van der Waals surface area contributed by atoms with Gasteiger partial charge in [-0.05, 0) is 29.4 Å². The van der Waals surface area contributed by atoms with E-state index in [4.69, 9.17) is 0 Å². The van der Waals surface area contributed by atoms with Crippen molar-refractivity contribution in [2.24, 2.45) is 5.92 Å². The summed E-state index contributed by atoms with van der Waals surface area (Å²) in [6.45, 7) is 3.35. The van der Waals surface area contributed by atoms with Crippen molar-refractivity contribution in [3.8, 4) is 0 Å². The van der Waals surface area contributed by atoms with Crippen molar-refractivity contribution in [2.45, 2.75) is 13.5 Å². The number of carbonyl (C=O) groups is 1. The van der Waals surface area contributed by atoms with Gasteiger partial charge in [-0.25, -0.2) is 0 Å². The molecule has 1 aromatic carbocycles. The molecule has 0 aliphatic heterocycles. The third kappa shape index (κ3) is 3.72. The number of amides is 1. The third-order valence-electron chi connectivity index (χ3n) is 3.28. The first kappa shape index (κ1) is 17.0. The maximum atomic E-state index is 12.2. The number of fused-ring (bicyclic) bond motifs is 1. The molecule has 1 heterocycles. The van der Waals surface area contributed by atoms with Crippen LogP contribution in [0.2, 0.25) is 0 Å². The summed E-state index contributed by atoms with van der Waals surface area (Å²) in [5.41, 5.74) is 1.23. The van der Waals surface area contributed by atoms with Gasteiger partial charge in [-0.15, -0.1) is 23.7 Å². The van der Waals surface area contributed by atoms with Gasteiger partial charge in [0.15, 0.2) is 0 Å². The predicted molar refractivity (Wildman–Crippen MR) is 88.6 cm³/mol. The van der Waals surface area contributed by atoms with E-state index in [0.717, 1.165) is 0 Å². The van der Waals surface area contributed by atoms with Crippen LogP contribution in [0.4, 0.5) is 0 Å². The highest BCUT2D eigenvalue weighted by Crippen LogP contribution is 2.26. The molecular weight excluding hydrogens is 292 g/mol. The van der Waals surface area contributed by atoms with Crippen molar-refractivity contribution in [3.05, 3.63) is 35.2 Å². The van der Waals surface area contributed by atoms with Crippen LogP contribution < -0.4 is 5.32 Å². The van der Waals surface area contributed by atoms with Crippen LogP contribution in [0, 0.1) is 5.92 Å². The van der Waals surface area contributed by atoms with E-state index in [9.17, 15) is 4.79 Å². The second kappa shape index (κ2) is 7.62. The van der Waals surface area contributed by atoms with Crippen LogP contribution in [0.5, 0.6) is 0 Å². The average Bonchev–Trinajstić information content (AvgIpc) is 2.81. The number of halogens is 1. The first-order chi connectivity index (χ1) is 9.13. The van der Waals surface area contributed by atoms with E-state index < -0.39 is 0 Å². The topological polar surface area (TPSA) is 32.3 Å². The van der Waals surface area contributed by atoms with Crippen molar-refractivity contribution in [3.63, 3.8) is 0 Å². The number of nitrogens with one attached hydrogen (secondary N) is 1. The molecule has 1 aromatic heterocycles. The van der Waals surface area contributed by atoms with E-state index in [0.29, 0.717) is 13.1 Å². The molecule has 0 radical (unpaired) electrons. The highest BCUT2D eigenvalue weighted by Gasteiger charge is 2.17. The molecule has 0 bridgehead atoms. The average molecular weight is 313 g/mol. The molecule has 3 nitrogen and oxygen atoms in total. The Bertz CT molecular complexity index is 570. The fourth-order valence-corrected chi connectivity index (χ4v) is 3.21. The lowest BCUT2D eigenvalue weighted by molar-refractivity contribution is -0.134. The van der Waals surface area contributed by atoms with E-state index in [1.54, 1.807) is 11.3 Å². The Morgan fingerprint density at radius 1 is 1.40 bits per heavy atom. The predicted octanol–water partition coefficient (Wildman–Crippen LogP) is 3.14. The van der Waals surface area contributed by atoms with Gasteiger partial charge in [-0.2, -0.15) is 0 Å². The van der Waals surface area contributed by atoms with E-state index in [1.165, 1.54) is 15.6 Å². The maximum Gasteiger partial charge on any atom is 0.226 e. The van der Waals surface area contributed by atoms with Gasteiger partial charge in [0.1, 0.15) is 0 Å². The first-order valence-corrected chi connectivity index (χ1v) is 7.36. The minimum Gasteiger partial charge on any atom is -0.341 e. The molecule has 1 unspecified atom stereocenters. The number of hydrogen-bond donors (Lipinski definition) is 1. The zero-order valence-electron chi connectivity index (χ0n) is 12.1. The molecule has 2 aromatic rings. The van der Waals surface area contributed by atoms with Crippen LogP contribution in [-0.4, -0.2) is 31.4 Å². The lowest BCUT2D eigenvalue weighted by atomic mass is 10.1. The molecule has 1 amide bonds. The second-order valence-electron chi connectivity index (χ2n) is 4.91. The van der Waals surface area contributed by atoms with Crippen molar-refractivity contribution >= 4 is 39.7 Å². The summed E-state index contributed by atoms with van der Waals surface area (Å²) in [4.78, 5) is 14.0. The van der Waals surface area contributed by atoms with E-state index in [1.807, 2.05) is 38.1 Å². The minimum absolute atomic E-state index is 0. The van der Waals surface area contributed by atoms with Crippen LogP contribution in [0.25, 0.3) is 10.1 Å². The standard InChI is InChI=1S/C15H20N2OS.ClH/c1-11(8-16-2)15(18)17(3)9-12-10-19-14-7-5-4-6-13(12)14;/h4-7,10-11,16H,8-9H2,1-3H3;1H. The summed E-state index contributed by atoms with van der Waals surface area (Å²) in [5, 5.41) is 6.45. The lowest BCUT2D eigenvalue weighted by Crippen LogP contribution is -2.35. The van der Waals surface area contributed by atoms with Gasteiger partial charge < -0.3 is 10.2 Å². The number of thiophene rings is 1. The second-order valence-corrected chi connectivity index (χ2v) is 5.82. The van der Waals surface area contributed by atoms with E-state index in [2.05, 4.69) is 22.8 Å². The summed E-state index contributed by atoms with van der Waals surface area (Å²) in [6.07, 6.45) is 0. The Morgan fingerprint density at radius 3 is 2.80 bits per heavy atom. The lowest BCUT2D eigenvalue weighted by Gasteiger charge is -2.21. The summed E-state index contributed by atoms with van der Waals surface area (Å²) >= 11 is 1.74. The monoisotopic (exact) mass is 312 g/mol. The molecule has 0 spiro atoms. The third-order valence-corrected chi connectivity index (χ3v) is 4.29. The molecule has 0 saturated carbocycles. The largest absolute Gasteiger partial charge is 0.341 e. The Kier molecular flexibility index (Phi) is 6.46. The Hall–Kier alpha value is -1.10. The van der Waals surface area contributed by atoms with Crippen LogP contribution in [0.1, 0.15) is 12.5 Å². The Labute approximate surface area is 130 Å². The van der Waals surface area contributed by atoms with Gasteiger partial charge in [0.05, 0.1) is 0 Å². The number of nitrogens with zero attached hydrogens (tertiary/aromatic N) is 1. The van der Waals surface area contributed by atoms with Crippen LogP contribution in [0.3, 0.4) is 0 Å². The molecule has 5 heteroatoms. The smallest absolute Gasteiger partial charge is 0.226 e. The summed E-state index contributed by atoms with van der Waals surface area (Å²) < 4.78 is 1.28. The highest BCUT2D eigenvalue weighted by molar-refractivity contribution is 7.17. The molecule has 2 rings (SSSR count). The fraction of sp³-hybridized carbons (Fsp3) is 0.400. The summed E-state index contributed by atoms with van der Waals surface area (Å²) in [6, 6.07) is 8.34. The fourth-order valence-electron chi connectivity index (χ4n) is 2.26. The van der Waals surface area contributed by atoms with Crippen LogP contribution in [-0.2, 0) is 11.3 Å². The highest BCUT2D eigenvalue weighted by atomic mass is 35.5. The number of hydrogen-bond acceptors (Lipinski definition) is 3. The molecule has 110 valence electrons. The van der Waals surface area contributed by atoms with Crippen molar-refractivity contribution in [1.82, 2.24) is 10.2 Å². The number of benzene rings is 1. The van der Waals surface area contributed by atoms with E-state index in [-0.39, 0.29) is 24.2 Å². The molecule has 20 heavy (non-hydrogen) atoms. The van der Waals surface area contributed by atoms with Crippen LogP contribution in [0.15, 0.2) is 29.6 Å². The Morgan fingerprint density at radius 2 is 2.10 bits per heavy atom. The molecule has 1 atom stereocenters. The van der Waals surface area contributed by atoms with Crippen molar-refractivity contribution < 1.29 is 4.79 Å². The van der Waals surface area contributed by atoms with Crippen LogP contribution >= 0.6 is 23.7 Å². The molecule has 1 N–H and O–H groups in total. The van der Waals surface area contributed by atoms with Gasteiger partial charge in [0, 0.05) is 30.8 Å². The number of carbonyl (C=O) groups excluding carboxylic acids is 1. The van der Waals surface area contributed by atoms with Gasteiger partial charge in [0.2, 0.25) is 5.91 Å². The van der Waals surface area contributed by atoms with Gasteiger partial charge in [0.25, 0.3) is 0 Å². The zero-order valence-corrected chi connectivity index (χ0v) is 13.7. The minimum atomic E-state index is 0. The summed E-state index contributed by atoms with van der Waals surface area (Å²) in [5.74, 6) is 0.199. The van der Waals surface area contributed by atoms with Crippen molar-refractivity contribution in [2.75, 3.05) is 20.6 Å². The first-order valence-electron chi connectivity index (χ1n) is 6.48. The maximum absolute atomic E-state index is 12.2. The molecule has 0 aliphatic rings.